The average Bonchev–Trinajstić information content (AvgIpc) is 2.72. The van der Waals surface area contributed by atoms with Gasteiger partial charge in [-0.2, -0.15) is 0 Å². The minimum atomic E-state index is -2.83. The van der Waals surface area contributed by atoms with Gasteiger partial charge in [-0.05, 0) is 38.5 Å². The first kappa shape index (κ1) is 13.1. The number of sulfone groups is 1. The summed E-state index contributed by atoms with van der Waals surface area (Å²) in [6.45, 7) is 2.20. The molecule has 0 N–H and O–H groups in total. The first-order chi connectivity index (χ1) is 9.05. The van der Waals surface area contributed by atoms with E-state index in [0.29, 0.717) is 17.5 Å². The predicted octanol–water partition coefficient (Wildman–Crippen LogP) is 1.54. The smallest absolute Gasteiger partial charge is 0.150 e. The summed E-state index contributed by atoms with van der Waals surface area (Å²) in [5, 5.41) is 8.58. The minimum Gasteiger partial charge on any atom is -0.312 e. The second kappa shape index (κ2) is 4.89. The fourth-order valence-corrected chi connectivity index (χ4v) is 5.18. The molecule has 5 nitrogen and oxygen atoms in total. The fourth-order valence-electron chi connectivity index (χ4n) is 3.40. The van der Waals surface area contributed by atoms with Crippen LogP contribution in [0.15, 0.2) is 0 Å². The van der Waals surface area contributed by atoms with E-state index < -0.39 is 9.84 Å². The third-order valence-electron chi connectivity index (χ3n) is 4.33. The molecule has 19 heavy (non-hydrogen) atoms. The van der Waals surface area contributed by atoms with E-state index in [2.05, 4.69) is 21.7 Å². The third kappa shape index (κ3) is 2.68. The van der Waals surface area contributed by atoms with Crippen molar-refractivity contribution in [3.8, 4) is 0 Å². The van der Waals surface area contributed by atoms with Crippen LogP contribution in [0, 0.1) is 5.92 Å². The highest BCUT2D eigenvalue weighted by atomic mass is 32.2. The van der Waals surface area contributed by atoms with Crippen LogP contribution in [0.4, 0.5) is 0 Å². The first-order valence-corrected chi connectivity index (χ1v) is 9.00. The zero-order chi connectivity index (χ0) is 13.5. The molecule has 0 aliphatic carbocycles. The van der Waals surface area contributed by atoms with Crippen molar-refractivity contribution in [1.29, 1.82) is 0 Å². The van der Waals surface area contributed by atoms with E-state index in [-0.39, 0.29) is 5.92 Å². The van der Waals surface area contributed by atoms with Crippen molar-refractivity contribution in [2.45, 2.75) is 51.5 Å². The van der Waals surface area contributed by atoms with Gasteiger partial charge in [-0.1, -0.05) is 0 Å². The van der Waals surface area contributed by atoms with Crippen LogP contribution in [0.1, 0.15) is 50.3 Å². The molecule has 0 bridgehead atoms. The summed E-state index contributed by atoms with van der Waals surface area (Å²) in [6.07, 6.45) is 5.90. The predicted molar refractivity (Wildman–Crippen MR) is 72.8 cm³/mol. The monoisotopic (exact) mass is 283 g/mol. The van der Waals surface area contributed by atoms with E-state index in [9.17, 15) is 8.42 Å². The van der Waals surface area contributed by atoms with Gasteiger partial charge in [-0.15, -0.1) is 10.2 Å². The quantitative estimate of drug-likeness (QED) is 0.826. The molecule has 2 aliphatic heterocycles. The maximum atomic E-state index is 11.7. The molecular formula is C13H21N3O2S. The van der Waals surface area contributed by atoms with Crippen molar-refractivity contribution in [2.75, 3.05) is 11.5 Å². The normalized spacial score (nSPS) is 29.9. The standard InChI is InChI=1S/C13H21N3O2S/c1-10-4-2-6-12-14-15-13(16(10)12)8-11-5-3-7-19(17,18)9-11/h10-11H,2-9H2,1H3. The van der Waals surface area contributed by atoms with Crippen LogP contribution in [0.25, 0.3) is 0 Å². The number of fused-ring (bicyclic) bond motifs is 1. The Morgan fingerprint density at radius 2 is 2.11 bits per heavy atom. The lowest BCUT2D eigenvalue weighted by atomic mass is 10.00. The zero-order valence-corrected chi connectivity index (χ0v) is 12.2. The maximum Gasteiger partial charge on any atom is 0.150 e. The van der Waals surface area contributed by atoms with E-state index in [1.54, 1.807) is 0 Å². The van der Waals surface area contributed by atoms with Crippen LogP contribution >= 0.6 is 0 Å². The van der Waals surface area contributed by atoms with Gasteiger partial charge in [0.2, 0.25) is 0 Å². The Morgan fingerprint density at radius 3 is 2.89 bits per heavy atom. The highest BCUT2D eigenvalue weighted by Gasteiger charge is 2.28. The number of hydrogen-bond acceptors (Lipinski definition) is 4. The SMILES string of the molecule is CC1CCCc2nnc(CC3CCCS(=O)(=O)C3)n21. The van der Waals surface area contributed by atoms with Crippen LogP contribution in [-0.2, 0) is 22.7 Å². The van der Waals surface area contributed by atoms with Gasteiger partial charge in [0, 0.05) is 18.9 Å². The van der Waals surface area contributed by atoms with Crippen LogP contribution < -0.4 is 0 Å². The Kier molecular flexibility index (Phi) is 3.37. The van der Waals surface area contributed by atoms with Crippen molar-refractivity contribution >= 4 is 9.84 Å². The Balaban J connectivity index is 1.79. The number of nitrogens with zero attached hydrogens (tertiary/aromatic N) is 3. The molecule has 1 aromatic heterocycles. The molecular weight excluding hydrogens is 262 g/mol. The largest absolute Gasteiger partial charge is 0.312 e. The van der Waals surface area contributed by atoms with Gasteiger partial charge in [0.15, 0.2) is 9.84 Å². The lowest BCUT2D eigenvalue weighted by Gasteiger charge is -2.25. The molecule has 0 radical (unpaired) electrons. The molecule has 6 heteroatoms. The van der Waals surface area contributed by atoms with Crippen LogP contribution in [0.3, 0.4) is 0 Å². The molecule has 0 amide bonds. The van der Waals surface area contributed by atoms with Crippen molar-refractivity contribution in [3.05, 3.63) is 11.6 Å². The molecule has 0 saturated carbocycles. The summed E-state index contributed by atoms with van der Waals surface area (Å²) < 4.78 is 25.6. The molecule has 2 atom stereocenters. The van der Waals surface area contributed by atoms with Gasteiger partial charge in [-0.25, -0.2) is 8.42 Å². The number of aryl methyl sites for hydroxylation is 1. The molecule has 0 aromatic carbocycles. The number of hydrogen-bond donors (Lipinski definition) is 0. The number of rotatable bonds is 2. The molecule has 3 rings (SSSR count). The number of aromatic nitrogens is 3. The molecule has 1 aromatic rings. The molecule has 2 unspecified atom stereocenters. The molecule has 1 saturated heterocycles. The summed E-state index contributed by atoms with van der Waals surface area (Å²) in [5.41, 5.74) is 0. The van der Waals surface area contributed by atoms with Crippen molar-refractivity contribution in [1.82, 2.24) is 14.8 Å². The summed E-state index contributed by atoms with van der Waals surface area (Å²) in [7, 11) is -2.83. The summed E-state index contributed by atoms with van der Waals surface area (Å²) >= 11 is 0. The van der Waals surface area contributed by atoms with Gasteiger partial charge in [0.1, 0.15) is 11.6 Å². The van der Waals surface area contributed by atoms with Gasteiger partial charge in [-0.3, -0.25) is 0 Å². The molecule has 2 aliphatic rings. The molecule has 0 spiro atoms. The summed E-state index contributed by atoms with van der Waals surface area (Å²) in [6, 6.07) is 0.453. The molecule has 3 heterocycles. The van der Waals surface area contributed by atoms with Crippen molar-refractivity contribution in [2.24, 2.45) is 5.92 Å². The first-order valence-electron chi connectivity index (χ1n) is 7.18. The van der Waals surface area contributed by atoms with Crippen LogP contribution in [0.5, 0.6) is 0 Å². The lowest BCUT2D eigenvalue weighted by molar-refractivity contribution is 0.397. The maximum absolute atomic E-state index is 11.7. The minimum absolute atomic E-state index is 0.223. The highest BCUT2D eigenvalue weighted by Crippen LogP contribution is 2.27. The lowest BCUT2D eigenvalue weighted by Crippen LogP contribution is -2.28. The van der Waals surface area contributed by atoms with Crippen molar-refractivity contribution in [3.63, 3.8) is 0 Å². The summed E-state index contributed by atoms with van der Waals surface area (Å²) in [4.78, 5) is 0. The fraction of sp³-hybridized carbons (Fsp3) is 0.846. The molecule has 1 fully saturated rings. The third-order valence-corrected chi connectivity index (χ3v) is 6.22. The van der Waals surface area contributed by atoms with Crippen LogP contribution in [0.2, 0.25) is 0 Å². The average molecular weight is 283 g/mol. The Bertz CT molecular complexity index is 564. The zero-order valence-electron chi connectivity index (χ0n) is 11.4. The Labute approximate surface area is 114 Å². The van der Waals surface area contributed by atoms with Gasteiger partial charge in [0.05, 0.1) is 11.5 Å². The second-order valence-electron chi connectivity index (χ2n) is 5.97. The Morgan fingerprint density at radius 1 is 1.26 bits per heavy atom. The molecule has 106 valence electrons. The van der Waals surface area contributed by atoms with E-state index in [1.165, 1.54) is 12.8 Å². The Hall–Kier alpha value is -0.910. The van der Waals surface area contributed by atoms with Crippen LogP contribution in [-0.4, -0.2) is 34.7 Å². The highest BCUT2D eigenvalue weighted by molar-refractivity contribution is 7.91. The second-order valence-corrected chi connectivity index (χ2v) is 8.20. The van der Waals surface area contributed by atoms with Gasteiger partial charge < -0.3 is 4.57 Å². The van der Waals surface area contributed by atoms with E-state index >= 15 is 0 Å². The van der Waals surface area contributed by atoms with Gasteiger partial charge >= 0.3 is 0 Å². The van der Waals surface area contributed by atoms with E-state index in [4.69, 9.17) is 0 Å². The summed E-state index contributed by atoms with van der Waals surface area (Å²) in [5.74, 6) is 2.97. The topological polar surface area (TPSA) is 64.8 Å². The van der Waals surface area contributed by atoms with Crippen molar-refractivity contribution < 1.29 is 8.42 Å². The van der Waals surface area contributed by atoms with E-state index in [1.807, 2.05) is 0 Å². The van der Waals surface area contributed by atoms with Gasteiger partial charge in [0.25, 0.3) is 0 Å². The van der Waals surface area contributed by atoms with E-state index in [0.717, 1.165) is 37.3 Å².